The highest BCUT2D eigenvalue weighted by Gasteiger charge is 2.50. The lowest BCUT2D eigenvalue weighted by molar-refractivity contribution is -0.160. The number of thioether (sulfide) groups is 1. The van der Waals surface area contributed by atoms with Crippen molar-refractivity contribution in [1.29, 1.82) is 0 Å². The zero-order valence-corrected chi connectivity index (χ0v) is 15.0. The van der Waals surface area contributed by atoms with Crippen LogP contribution in [0.4, 0.5) is 0 Å². The summed E-state index contributed by atoms with van der Waals surface area (Å²) in [5.74, 6) is -0.580. The molecule has 2 aliphatic rings. The number of rotatable bonds is 3. The molecule has 2 amide bonds. The highest BCUT2D eigenvalue weighted by Crippen LogP contribution is 2.34. The van der Waals surface area contributed by atoms with Gasteiger partial charge in [0.2, 0.25) is 11.8 Å². The van der Waals surface area contributed by atoms with Crippen LogP contribution in [0.15, 0.2) is 18.2 Å². The van der Waals surface area contributed by atoms with Crippen LogP contribution in [0.1, 0.15) is 5.56 Å². The monoisotopic (exact) mass is 388 g/mol. The van der Waals surface area contributed by atoms with E-state index in [4.69, 9.17) is 27.9 Å². The van der Waals surface area contributed by atoms with Crippen molar-refractivity contribution in [1.82, 2.24) is 9.80 Å². The summed E-state index contributed by atoms with van der Waals surface area (Å²) in [6.07, 6.45) is 0. The minimum Gasteiger partial charge on any atom is -0.467 e. The first-order chi connectivity index (χ1) is 11.4. The predicted molar refractivity (Wildman–Crippen MR) is 90.8 cm³/mol. The van der Waals surface area contributed by atoms with Crippen LogP contribution in [0, 0.1) is 0 Å². The number of amides is 2. The summed E-state index contributed by atoms with van der Waals surface area (Å²) in [5.41, 5.74) is 0.786. The van der Waals surface area contributed by atoms with E-state index in [1.54, 1.807) is 18.2 Å². The number of piperazine rings is 1. The van der Waals surface area contributed by atoms with Gasteiger partial charge in [0.25, 0.3) is 0 Å². The number of esters is 1. The van der Waals surface area contributed by atoms with Crippen molar-refractivity contribution in [3.63, 3.8) is 0 Å². The molecular weight excluding hydrogens is 375 g/mol. The van der Waals surface area contributed by atoms with E-state index in [1.165, 1.54) is 28.7 Å². The molecule has 0 N–H and O–H groups in total. The van der Waals surface area contributed by atoms with Gasteiger partial charge in [-0.15, -0.1) is 11.8 Å². The highest BCUT2D eigenvalue weighted by molar-refractivity contribution is 8.00. The first-order valence-corrected chi connectivity index (χ1v) is 8.96. The molecule has 1 aromatic carbocycles. The van der Waals surface area contributed by atoms with Crippen molar-refractivity contribution in [2.45, 2.75) is 18.0 Å². The Hall–Kier alpha value is -1.44. The van der Waals surface area contributed by atoms with Crippen molar-refractivity contribution in [3.8, 4) is 0 Å². The number of benzene rings is 1. The molecule has 24 heavy (non-hydrogen) atoms. The Morgan fingerprint density at radius 3 is 2.75 bits per heavy atom. The molecule has 3 rings (SSSR count). The molecule has 0 bridgehead atoms. The van der Waals surface area contributed by atoms with Gasteiger partial charge in [0, 0.05) is 12.3 Å². The molecule has 2 aliphatic heterocycles. The van der Waals surface area contributed by atoms with Gasteiger partial charge in [0.1, 0.15) is 12.6 Å². The lowest BCUT2D eigenvalue weighted by Gasteiger charge is -2.37. The van der Waals surface area contributed by atoms with Crippen LogP contribution < -0.4 is 0 Å². The molecule has 0 spiro atoms. The van der Waals surface area contributed by atoms with Crippen molar-refractivity contribution in [3.05, 3.63) is 33.8 Å². The van der Waals surface area contributed by atoms with E-state index in [0.717, 1.165) is 5.56 Å². The second-order valence-corrected chi connectivity index (χ2v) is 7.40. The molecule has 9 heteroatoms. The number of fused-ring (bicyclic) bond motifs is 1. The van der Waals surface area contributed by atoms with Crippen LogP contribution in [0.3, 0.4) is 0 Å². The Kier molecular flexibility index (Phi) is 4.94. The van der Waals surface area contributed by atoms with Gasteiger partial charge in [-0.1, -0.05) is 29.3 Å². The van der Waals surface area contributed by atoms with Crippen LogP contribution in [0.5, 0.6) is 0 Å². The Morgan fingerprint density at radius 2 is 2.08 bits per heavy atom. The number of hydrogen-bond acceptors (Lipinski definition) is 5. The predicted octanol–water partition coefficient (Wildman–Crippen LogP) is 1.78. The van der Waals surface area contributed by atoms with E-state index in [1.807, 2.05) is 0 Å². The number of carbonyl (C=O) groups excluding carboxylic acids is 3. The van der Waals surface area contributed by atoms with Crippen molar-refractivity contribution in [2.24, 2.45) is 0 Å². The van der Waals surface area contributed by atoms with Gasteiger partial charge in [-0.05, 0) is 17.7 Å². The molecule has 128 valence electrons. The van der Waals surface area contributed by atoms with Gasteiger partial charge in [-0.25, -0.2) is 4.79 Å². The summed E-state index contributed by atoms with van der Waals surface area (Å²) in [6.45, 7) is 0.184. The van der Waals surface area contributed by atoms with Crippen LogP contribution in [0.2, 0.25) is 10.0 Å². The first kappa shape index (κ1) is 17.4. The summed E-state index contributed by atoms with van der Waals surface area (Å²) in [6, 6.07) is 4.46. The number of carbonyl (C=O) groups is 3. The van der Waals surface area contributed by atoms with Gasteiger partial charge < -0.3 is 14.5 Å². The van der Waals surface area contributed by atoms with E-state index < -0.39 is 17.4 Å². The fourth-order valence-corrected chi connectivity index (χ4v) is 4.46. The van der Waals surface area contributed by atoms with Gasteiger partial charge in [-0.2, -0.15) is 0 Å². The molecule has 0 aliphatic carbocycles. The second kappa shape index (κ2) is 6.82. The van der Waals surface area contributed by atoms with Gasteiger partial charge >= 0.3 is 5.97 Å². The van der Waals surface area contributed by atoms with E-state index in [-0.39, 0.29) is 24.9 Å². The van der Waals surface area contributed by atoms with Crippen LogP contribution in [-0.4, -0.2) is 58.4 Å². The first-order valence-electron chi connectivity index (χ1n) is 7.15. The van der Waals surface area contributed by atoms with Gasteiger partial charge in [0.15, 0.2) is 5.37 Å². The average molecular weight is 389 g/mol. The normalized spacial score (nSPS) is 23.5. The van der Waals surface area contributed by atoms with E-state index in [2.05, 4.69) is 0 Å². The molecule has 2 saturated heterocycles. The maximum Gasteiger partial charge on any atom is 0.339 e. The van der Waals surface area contributed by atoms with Gasteiger partial charge in [-0.3, -0.25) is 9.59 Å². The molecule has 2 atom stereocenters. The number of methoxy groups -OCH3 is 1. The van der Waals surface area contributed by atoms with Crippen LogP contribution >= 0.6 is 35.0 Å². The fraction of sp³-hybridized carbons (Fsp3) is 0.400. The third kappa shape index (κ3) is 3.08. The van der Waals surface area contributed by atoms with Crippen molar-refractivity contribution >= 4 is 52.7 Å². The Labute approximate surface area is 153 Å². The third-order valence-electron chi connectivity index (χ3n) is 3.97. The molecule has 0 unspecified atom stereocenters. The summed E-state index contributed by atoms with van der Waals surface area (Å²) >= 11 is 13.1. The molecule has 2 fully saturated rings. The Morgan fingerprint density at radius 1 is 1.33 bits per heavy atom. The molecule has 0 saturated carbocycles. The number of hydrogen-bond donors (Lipinski definition) is 0. The zero-order chi connectivity index (χ0) is 17.4. The van der Waals surface area contributed by atoms with E-state index in [9.17, 15) is 14.4 Å². The second-order valence-electron chi connectivity index (χ2n) is 5.47. The maximum absolute atomic E-state index is 12.7. The fourth-order valence-electron chi connectivity index (χ4n) is 2.81. The average Bonchev–Trinajstić information content (AvgIpc) is 3.01. The molecule has 2 heterocycles. The van der Waals surface area contributed by atoms with Crippen LogP contribution in [-0.2, 0) is 25.7 Å². The summed E-state index contributed by atoms with van der Waals surface area (Å²) in [5, 5.41) is 0.0816. The van der Waals surface area contributed by atoms with E-state index >= 15 is 0 Å². The minimum atomic E-state index is -0.747. The van der Waals surface area contributed by atoms with E-state index in [0.29, 0.717) is 15.8 Å². The number of nitrogens with zero attached hydrogens (tertiary/aromatic N) is 2. The van der Waals surface area contributed by atoms with Crippen LogP contribution in [0.25, 0.3) is 0 Å². The molecule has 0 aromatic heterocycles. The summed E-state index contributed by atoms with van der Waals surface area (Å²) < 4.78 is 4.71. The molecule has 0 radical (unpaired) electrons. The smallest absolute Gasteiger partial charge is 0.339 e. The summed E-state index contributed by atoms with van der Waals surface area (Å²) in [4.78, 5) is 39.7. The molecular formula is C15H14Cl2N2O4S. The minimum absolute atomic E-state index is 0.0797. The summed E-state index contributed by atoms with van der Waals surface area (Å²) in [7, 11) is 1.27. The number of halogens is 2. The van der Waals surface area contributed by atoms with Crippen molar-refractivity contribution in [2.75, 3.05) is 19.4 Å². The Balaban J connectivity index is 1.77. The lowest BCUT2D eigenvalue weighted by atomic mass is 10.1. The quantitative estimate of drug-likeness (QED) is 0.738. The maximum atomic E-state index is 12.7. The largest absolute Gasteiger partial charge is 0.467 e. The SMILES string of the molecule is COC(=O)[C@@H]1SC[C@@H]2C(=O)N(Cc3ccc(Cl)c(Cl)c3)CC(=O)N21. The molecule has 6 nitrogen and oxygen atoms in total. The van der Waals surface area contributed by atoms with Crippen molar-refractivity contribution < 1.29 is 19.1 Å². The third-order valence-corrected chi connectivity index (χ3v) is 5.95. The Bertz CT molecular complexity index is 715. The highest BCUT2D eigenvalue weighted by atomic mass is 35.5. The number of ether oxygens (including phenoxy) is 1. The topological polar surface area (TPSA) is 66.9 Å². The molecule has 1 aromatic rings. The standard InChI is InChI=1S/C15H14Cl2N2O4S/c1-23-15(22)14-19-11(7-24-14)13(21)18(6-12(19)20)5-8-2-3-9(16)10(17)4-8/h2-4,11,14H,5-7H2,1H3/t11-,14+/m1/s1. The zero-order valence-electron chi connectivity index (χ0n) is 12.7. The lowest BCUT2D eigenvalue weighted by Crippen LogP contribution is -2.60. The van der Waals surface area contributed by atoms with Gasteiger partial charge in [0.05, 0.1) is 17.2 Å².